The van der Waals surface area contributed by atoms with Gasteiger partial charge in [-0.05, 0) is 86.7 Å². The van der Waals surface area contributed by atoms with Gasteiger partial charge >= 0.3 is 6.09 Å². The predicted octanol–water partition coefficient (Wildman–Crippen LogP) is 7.70. The van der Waals surface area contributed by atoms with Crippen LogP contribution < -0.4 is 14.2 Å². The minimum absolute atomic E-state index is 0.120. The van der Waals surface area contributed by atoms with Gasteiger partial charge in [0.2, 0.25) is 5.89 Å². The lowest BCUT2D eigenvalue weighted by atomic mass is 10.0. The maximum atomic E-state index is 13.6. The second-order valence-electron chi connectivity index (χ2n) is 10.6. The Morgan fingerprint density at radius 3 is 2.37 bits per heavy atom. The zero-order valence-corrected chi connectivity index (χ0v) is 23.4. The SMILES string of the molecule is COc1ccc(OC(=O)N2[C@H](c3ccc(OCCc4nc(-c5ccccc5)oc4C)cc3)CC=CCC23CC3)cc1. The first kappa shape index (κ1) is 26.7. The average molecular weight is 551 g/mol. The molecule has 3 aromatic carbocycles. The Kier molecular flexibility index (Phi) is 7.51. The lowest BCUT2D eigenvalue weighted by Gasteiger charge is -2.36. The molecule has 1 amide bonds. The first-order valence-electron chi connectivity index (χ1n) is 14.1. The number of carbonyl (C=O) groups excluding carboxylic acids is 1. The van der Waals surface area contributed by atoms with Crippen molar-refractivity contribution in [2.24, 2.45) is 0 Å². The lowest BCUT2D eigenvalue weighted by Crippen LogP contribution is -2.45. The van der Waals surface area contributed by atoms with Crippen LogP contribution >= 0.6 is 0 Å². The van der Waals surface area contributed by atoms with E-state index in [4.69, 9.17) is 18.6 Å². The van der Waals surface area contributed by atoms with E-state index in [9.17, 15) is 4.79 Å². The highest BCUT2D eigenvalue weighted by molar-refractivity contribution is 5.73. The van der Waals surface area contributed by atoms with E-state index >= 15 is 0 Å². The third-order valence-corrected chi connectivity index (χ3v) is 7.92. The molecule has 7 nitrogen and oxygen atoms in total. The Morgan fingerprint density at radius 2 is 1.66 bits per heavy atom. The van der Waals surface area contributed by atoms with E-state index in [1.54, 1.807) is 31.4 Å². The van der Waals surface area contributed by atoms with E-state index in [2.05, 4.69) is 29.3 Å². The van der Waals surface area contributed by atoms with Gasteiger partial charge in [0.1, 0.15) is 23.0 Å². The van der Waals surface area contributed by atoms with Crippen molar-refractivity contribution in [1.82, 2.24) is 9.88 Å². The monoisotopic (exact) mass is 550 g/mol. The van der Waals surface area contributed by atoms with Crippen LogP contribution in [0.4, 0.5) is 4.79 Å². The molecule has 1 aliphatic carbocycles. The van der Waals surface area contributed by atoms with Gasteiger partial charge in [0.25, 0.3) is 0 Å². The number of carbonyl (C=O) groups is 1. The maximum absolute atomic E-state index is 13.6. The van der Waals surface area contributed by atoms with E-state index in [0.29, 0.717) is 24.7 Å². The summed E-state index contributed by atoms with van der Waals surface area (Å²) in [6.45, 7) is 2.42. The minimum Gasteiger partial charge on any atom is -0.497 e. The zero-order valence-electron chi connectivity index (χ0n) is 23.4. The summed E-state index contributed by atoms with van der Waals surface area (Å²) in [5.41, 5.74) is 2.72. The van der Waals surface area contributed by atoms with E-state index in [1.165, 1.54) is 0 Å². The zero-order chi connectivity index (χ0) is 28.2. The van der Waals surface area contributed by atoms with E-state index in [1.807, 2.05) is 54.3 Å². The van der Waals surface area contributed by atoms with Crippen LogP contribution in [0.5, 0.6) is 17.2 Å². The van der Waals surface area contributed by atoms with Crippen molar-refractivity contribution in [1.29, 1.82) is 0 Å². The Hall–Kier alpha value is -4.52. The summed E-state index contributed by atoms with van der Waals surface area (Å²) in [5, 5.41) is 0. The van der Waals surface area contributed by atoms with Crippen molar-refractivity contribution >= 4 is 6.09 Å². The van der Waals surface area contributed by atoms with Gasteiger partial charge in [-0.15, -0.1) is 0 Å². The highest BCUT2D eigenvalue weighted by Gasteiger charge is 2.53. The molecule has 7 heteroatoms. The summed E-state index contributed by atoms with van der Waals surface area (Å²) in [4.78, 5) is 20.2. The fourth-order valence-electron chi connectivity index (χ4n) is 5.47. The number of aromatic nitrogens is 1. The van der Waals surface area contributed by atoms with Crippen LogP contribution in [0.2, 0.25) is 0 Å². The molecule has 6 rings (SSSR count). The summed E-state index contributed by atoms with van der Waals surface area (Å²) >= 11 is 0. The molecule has 1 spiro atoms. The summed E-state index contributed by atoms with van der Waals surface area (Å²) in [6.07, 6.45) is 8.22. The van der Waals surface area contributed by atoms with Gasteiger partial charge in [0.05, 0.1) is 31.0 Å². The van der Waals surface area contributed by atoms with Crippen LogP contribution in [-0.4, -0.2) is 35.2 Å². The summed E-state index contributed by atoms with van der Waals surface area (Å²) in [5.74, 6) is 3.43. The highest BCUT2D eigenvalue weighted by atomic mass is 16.6. The predicted molar refractivity (Wildman–Crippen MR) is 156 cm³/mol. The molecule has 0 unspecified atom stereocenters. The molecule has 1 fully saturated rings. The van der Waals surface area contributed by atoms with Crippen LogP contribution in [0.3, 0.4) is 0 Å². The molecule has 1 atom stereocenters. The molecule has 41 heavy (non-hydrogen) atoms. The summed E-state index contributed by atoms with van der Waals surface area (Å²) < 4.78 is 23.0. The van der Waals surface area contributed by atoms with Crippen molar-refractivity contribution in [2.75, 3.05) is 13.7 Å². The second-order valence-corrected chi connectivity index (χ2v) is 10.6. The van der Waals surface area contributed by atoms with Crippen molar-refractivity contribution in [3.05, 3.63) is 108 Å². The number of nitrogens with zero attached hydrogens (tertiary/aromatic N) is 2. The number of hydrogen-bond donors (Lipinski definition) is 0. The van der Waals surface area contributed by atoms with Crippen LogP contribution in [0.25, 0.3) is 11.5 Å². The molecule has 0 saturated heterocycles. The number of amides is 1. The average Bonchev–Trinajstić information content (AvgIpc) is 3.73. The van der Waals surface area contributed by atoms with Gasteiger partial charge in [0, 0.05) is 12.0 Å². The van der Waals surface area contributed by atoms with Gasteiger partial charge in [-0.1, -0.05) is 42.5 Å². The maximum Gasteiger partial charge on any atom is 0.416 e. The minimum atomic E-state index is -0.320. The first-order valence-corrected chi connectivity index (χ1v) is 14.1. The molecule has 0 bridgehead atoms. The second kappa shape index (κ2) is 11.5. The van der Waals surface area contributed by atoms with Crippen LogP contribution in [0, 0.1) is 6.92 Å². The normalized spacial score (nSPS) is 17.2. The number of ether oxygens (including phenoxy) is 3. The Labute approximate surface area is 240 Å². The molecule has 4 aromatic rings. The van der Waals surface area contributed by atoms with Gasteiger partial charge in [0.15, 0.2) is 0 Å². The topological polar surface area (TPSA) is 74.0 Å². The van der Waals surface area contributed by atoms with Crippen LogP contribution in [0.15, 0.2) is 95.4 Å². The summed E-state index contributed by atoms with van der Waals surface area (Å²) in [7, 11) is 1.61. The summed E-state index contributed by atoms with van der Waals surface area (Å²) in [6, 6.07) is 24.9. The van der Waals surface area contributed by atoms with E-state index in [0.717, 1.165) is 59.8 Å². The highest BCUT2D eigenvalue weighted by Crippen LogP contribution is 2.51. The molecular formula is C34H34N2O5. The van der Waals surface area contributed by atoms with E-state index in [-0.39, 0.29) is 17.7 Å². The third-order valence-electron chi connectivity index (χ3n) is 7.92. The van der Waals surface area contributed by atoms with Gasteiger partial charge in [-0.3, -0.25) is 4.90 Å². The number of benzene rings is 3. The van der Waals surface area contributed by atoms with Crippen molar-refractivity contribution in [2.45, 2.75) is 50.6 Å². The molecule has 210 valence electrons. The molecule has 0 N–H and O–H groups in total. The number of oxazole rings is 1. The first-order chi connectivity index (χ1) is 20.0. The van der Waals surface area contributed by atoms with Gasteiger partial charge in [-0.25, -0.2) is 9.78 Å². The third kappa shape index (κ3) is 5.85. The van der Waals surface area contributed by atoms with Crippen LogP contribution in [-0.2, 0) is 6.42 Å². The van der Waals surface area contributed by atoms with Gasteiger partial charge in [-0.2, -0.15) is 0 Å². The number of rotatable bonds is 8. The molecule has 2 aliphatic rings. The largest absolute Gasteiger partial charge is 0.497 e. The Morgan fingerprint density at radius 1 is 0.951 bits per heavy atom. The Balaban J connectivity index is 1.12. The fourth-order valence-corrected chi connectivity index (χ4v) is 5.47. The molecule has 2 heterocycles. The molecule has 1 aromatic heterocycles. The Bertz CT molecular complexity index is 1510. The van der Waals surface area contributed by atoms with Crippen LogP contribution in [0.1, 0.15) is 48.7 Å². The van der Waals surface area contributed by atoms with Gasteiger partial charge < -0.3 is 18.6 Å². The number of aryl methyl sites for hydroxylation is 1. The van der Waals surface area contributed by atoms with Crippen molar-refractivity contribution in [3.8, 4) is 28.7 Å². The van der Waals surface area contributed by atoms with Crippen molar-refractivity contribution in [3.63, 3.8) is 0 Å². The molecule has 1 saturated carbocycles. The van der Waals surface area contributed by atoms with E-state index < -0.39 is 0 Å². The molecule has 0 radical (unpaired) electrons. The smallest absolute Gasteiger partial charge is 0.416 e. The number of hydrogen-bond acceptors (Lipinski definition) is 6. The molecular weight excluding hydrogens is 516 g/mol. The lowest BCUT2D eigenvalue weighted by molar-refractivity contribution is 0.0979. The fraction of sp³-hybridized carbons (Fsp3) is 0.294. The standard InChI is InChI=1S/C34H34N2O5/c1-24-30(35-32(40-24)26-8-4-3-5-9-26)19-23-39-28-13-11-25(12-14-28)31-10-6-7-20-34(21-22-34)36(31)33(37)41-29-17-15-27(38-2)16-18-29/h3-9,11-18,31H,10,19-23H2,1-2H3/t31-/m0/s1. The molecule has 1 aliphatic heterocycles. The quantitative estimate of drug-likeness (QED) is 0.209. The van der Waals surface area contributed by atoms with Crippen molar-refractivity contribution < 1.29 is 23.4 Å². The number of methoxy groups -OCH3 is 1.